The molecule has 1 aromatic rings. The Kier molecular flexibility index (Phi) is 2.98. The molecule has 1 aromatic carbocycles. The smallest absolute Gasteiger partial charge is 0.226 e. The van der Waals surface area contributed by atoms with Crippen LogP contribution in [0.2, 0.25) is 0 Å². The first-order chi connectivity index (χ1) is 10.2. The quantitative estimate of drug-likeness (QED) is 0.851. The number of nitrogens with zero attached hydrogens (tertiary/aromatic N) is 1. The largest absolute Gasteiger partial charge is 0.486 e. The standard InChI is InChI=1S/C18H23NO2/c1-2-13-6-3-4-7-16(13)21-14-11-19(12-14)17(20)15-10-18(15)8-5-9-18/h3-4,6-7,14-15H,2,5,8-12H2,1H3/t15-/m1/s1. The summed E-state index contributed by atoms with van der Waals surface area (Å²) in [6, 6.07) is 8.21. The molecule has 3 fully saturated rings. The molecule has 1 heterocycles. The molecule has 3 aliphatic rings. The second-order valence-corrected chi connectivity index (χ2v) is 6.92. The summed E-state index contributed by atoms with van der Waals surface area (Å²) >= 11 is 0. The van der Waals surface area contributed by atoms with Crippen molar-refractivity contribution in [2.45, 2.75) is 45.1 Å². The van der Waals surface area contributed by atoms with E-state index in [-0.39, 0.29) is 6.10 Å². The summed E-state index contributed by atoms with van der Waals surface area (Å²) in [5, 5.41) is 0. The number of rotatable bonds is 4. The molecule has 1 aliphatic heterocycles. The molecule has 21 heavy (non-hydrogen) atoms. The predicted octanol–water partition coefficient (Wildman–Crippen LogP) is 3.03. The molecule has 0 radical (unpaired) electrons. The molecule has 4 rings (SSSR count). The number of para-hydroxylation sites is 1. The second-order valence-electron chi connectivity index (χ2n) is 6.92. The molecule has 0 bridgehead atoms. The van der Waals surface area contributed by atoms with E-state index in [1.165, 1.54) is 24.8 Å². The Bertz CT molecular complexity index is 558. The average molecular weight is 285 g/mol. The number of carbonyl (C=O) groups excluding carboxylic acids is 1. The van der Waals surface area contributed by atoms with Crippen LogP contribution < -0.4 is 4.74 Å². The molecular formula is C18H23NO2. The molecular weight excluding hydrogens is 262 g/mol. The Morgan fingerprint density at radius 2 is 2.10 bits per heavy atom. The second kappa shape index (κ2) is 4.75. The maximum absolute atomic E-state index is 12.4. The van der Waals surface area contributed by atoms with Gasteiger partial charge in [0.2, 0.25) is 5.91 Å². The van der Waals surface area contributed by atoms with E-state index in [0.29, 0.717) is 17.2 Å². The fourth-order valence-electron chi connectivity index (χ4n) is 3.88. The lowest BCUT2D eigenvalue weighted by molar-refractivity contribution is -0.142. The van der Waals surface area contributed by atoms with Gasteiger partial charge in [0.1, 0.15) is 11.9 Å². The van der Waals surface area contributed by atoms with Crippen molar-refractivity contribution in [3.05, 3.63) is 29.8 Å². The molecule has 0 unspecified atom stereocenters. The third kappa shape index (κ3) is 2.14. The predicted molar refractivity (Wildman–Crippen MR) is 81.2 cm³/mol. The van der Waals surface area contributed by atoms with Crippen molar-refractivity contribution < 1.29 is 9.53 Å². The van der Waals surface area contributed by atoms with Crippen LogP contribution >= 0.6 is 0 Å². The van der Waals surface area contributed by atoms with Gasteiger partial charge in [-0.3, -0.25) is 4.79 Å². The van der Waals surface area contributed by atoms with Crippen molar-refractivity contribution >= 4 is 5.91 Å². The summed E-state index contributed by atoms with van der Waals surface area (Å²) in [7, 11) is 0. The van der Waals surface area contributed by atoms with Crippen LogP contribution in [-0.2, 0) is 11.2 Å². The van der Waals surface area contributed by atoms with Gasteiger partial charge in [-0.15, -0.1) is 0 Å². The summed E-state index contributed by atoms with van der Waals surface area (Å²) in [4.78, 5) is 14.4. The topological polar surface area (TPSA) is 29.5 Å². The molecule has 1 atom stereocenters. The van der Waals surface area contributed by atoms with Crippen molar-refractivity contribution in [1.82, 2.24) is 4.90 Å². The third-order valence-electron chi connectivity index (χ3n) is 5.64. The molecule has 1 amide bonds. The zero-order chi connectivity index (χ0) is 14.4. The Hall–Kier alpha value is -1.51. The van der Waals surface area contributed by atoms with E-state index in [0.717, 1.165) is 31.7 Å². The SMILES string of the molecule is CCc1ccccc1OC1CN(C(=O)[C@H]2CC23CCC3)C1. The first kappa shape index (κ1) is 13.2. The molecule has 2 saturated carbocycles. The van der Waals surface area contributed by atoms with Gasteiger partial charge in [-0.25, -0.2) is 0 Å². The van der Waals surface area contributed by atoms with Gasteiger partial charge in [0.25, 0.3) is 0 Å². The molecule has 112 valence electrons. The van der Waals surface area contributed by atoms with E-state index in [1.807, 2.05) is 23.1 Å². The monoisotopic (exact) mass is 285 g/mol. The molecule has 0 aromatic heterocycles. The molecule has 0 N–H and O–H groups in total. The highest BCUT2D eigenvalue weighted by molar-refractivity contribution is 5.83. The van der Waals surface area contributed by atoms with Gasteiger partial charge in [0.15, 0.2) is 0 Å². The molecule has 2 aliphatic carbocycles. The zero-order valence-corrected chi connectivity index (χ0v) is 12.7. The van der Waals surface area contributed by atoms with Crippen molar-refractivity contribution in [2.75, 3.05) is 13.1 Å². The Morgan fingerprint density at radius 1 is 1.33 bits per heavy atom. The van der Waals surface area contributed by atoms with Gasteiger partial charge >= 0.3 is 0 Å². The first-order valence-electron chi connectivity index (χ1n) is 8.25. The van der Waals surface area contributed by atoms with E-state index in [1.54, 1.807) is 0 Å². The first-order valence-corrected chi connectivity index (χ1v) is 8.25. The lowest BCUT2D eigenvalue weighted by atomic mass is 9.79. The van der Waals surface area contributed by atoms with E-state index < -0.39 is 0 Å². The van der Waals surface area contributed by atoms with E-state index in [9.17, 15) is 4.79 Å². The Balaban J connectivity index is 1.30. The third-order valence-corrected chi connectivity index (χ3v) is 5.64. The maximum Gasteiger partial charge on any atom is 0.226 e. The lowest BCUT2D eigenvalue weighted by Crippen LogP contribution is -2.57. The van der Waals surface area contributed by atoms with Crippen LogP contribution in [0.15, 0.2) is 24.3 Å². The molecule has 3 nitrogen and oxygen atoms in total. The van der Waals surface area contributed by atoms with Crippen LogP contribution in [-0.4, -0.2) is 30.0 Å². The van der Waals surface area contributed by atoms with E-state index in [2.05, 4.69) is 13.0 Å². The number of amides is 1. The van der Waals surface area contributed by atoms with Crippen LogP contribution in [0.25, 0.3) is 0 Å². The molecule has 3 heteroatoms. The number of ether oxygens (including phenoxy) is 1. The van der Waals surface area contributed by atoms with Crippen LogP contribution in [0.5, 0.6) is 5.75 Å². The number of likely N-dealkylation sites (tertiary alicyclic amines) is 1. The normalized spacial score (nSPS) is 26.1. The number of aryl methyl sites for hydroxylation is 1. The fraction of sp³-hybridized carbons (Fsp3) is 0.611. The van der Waals surface area contributed by atoms with Crippen molar-refractivity contribution in [2.24, 2.45) is 11.3 Å². The minimum Gasteiger partial charge on any atom is -0.486 e. The summed E-state index contributed by atoms with van der Waals surface area (Å²) in [6.45, 7) is 3.68. The van der Waals surface area contributed by atoms with E-state index >= 15 is 0 Å². The van der Waals surface area contributed by atoms with Gasteiger partial charge in [-0.05, 0) is 42.7 Å². The van der Waals surface area contributed by atoms with Crippen LogP contribution in [0.1, 0.15) is 38.2 Å². The summed E-state index contributed by atoms with van der Waals surface area (Å²) in [5.41, 5.74) is 1.69. The van der Waals surface area contributed by atoms with Gasteiger partial charge in [0, 0.05) is 5.92 Å². The molecule has 1 spiro atoms. The van der Waals surface area contributed by atoms with Crippen molar-refractivity contribution in [1.29, 1.82) is 0 Å². The number of carbonyl (C=O) groups is 1. The van der Waals surface area contributed by atoms with Gasteiger partial charge in [0.05, 0.1) is 13.1 Å². The number of hydrogen-bond acceptors (Lipinski definition) is 2. The van der Waals surface area contributed by atoms with E-state index in [4.69, 9.17) is 4.74 Å². The highest BCUT2D eigenvalue weighted by Crippen LogP contribution is 2.66. The van der Waals surface area contributed by atoms with Crippen molar-refractivity contribution in [3.63, 3.8) is 0 Å². The average Bonchev–Trinajstić information content (AvgIpc) is 3.18. The maximum atomic E-state index is 12.4. The lowest BCUT2D eigenvalue weighted by Gasteiger charge is -2.40. The Morgan fingerprint density at radius 3 is 2.71 bits per heavy atom. The van der Waals surface area contributed by atoms with Gasteiger partial charge in [-0.2, -0.15) is 0 Å². The number of hydrogen-bond donors (Lipinski definition) is 0. The van der Waals surface area contributed by atoms with Crippen LogP contribution in [0, 0.1) is 11.3 Å². The summed E-state index contributed by atoms with van der Waals surface area (Å²) in [6.07, 6.45) is 6.19. The highest BCUT2D eigenvalue weighted by atomic mass is 16.5. The minimum atomic E-state index is 0.178. The summed E-state index contributed by atoms with van der Waals surface area (Å²) in [5.74, 6) is 1.72. The fourth-order valence-corrected chi connectivity index (χ4v) is 3.88. The van der Waals surface area contributed by atoms with Crippen molar-refractivity contribution in [3.8, 4) is 5.75 Å². The minimum absolute atomic E-state index is 0.178. The van der Waals surface area contributed by atoms with Gasteiger partial charge in [-0.1, -0.05) is 31.5 Å². The molecule has 1 saturated heterocycles. The van der Waals surface area contributed by atoms with Crippen LogP contribution in [0.4, 0.5) is 0 Å². The van der Waals surface area contributed by atoms with Crippen LogP contribution in [0.3, 0.4) is 0 Å². The zero-order valence-electron chi connectivity index (χ0n) is 12.7. The highest BCUT2D eigenvalue weighted by Gasteiger charge is 2.62. The summed E-state index contributed by atoms with van der Waals surface area (Å²) < 4.78 is 6.05. The number of benzene rings is 1. The van der Waals surface area contributed by atoms with Gasteiger partial charge < -0.3 is 9.64 Å². The Labute approximate surface area is 126 Å².